The van der Waals surface area contributed by atoms with Crippen molar-refractivity contribution in [2.24, 2.45) is 0 Å². The van der Waals surface area contributed by atoms with Gasteiger partial charge in [-0.15, -0.1) is 0 Å². The summed E-state index contributed by atoms with van der Waals surface area (Å²) in [6, 6.07) is 17.5. The van der Waals surface area contributed by atoms with Crippen molar-refractivity contribution in [1.29, 1.82) is 0 Å². The van der Waals surface area contributed by atoms with Crippen LogP contribution in [0.1, 0.15) is 41.3 Å². The highest BCUT2D eigenvalue weighted by molar-refractivity contribution is 6.30. The second-order valence-electron chi connectivity index (χ2n) is 7.70. The zero-order chi connectivity index (χ0) is 22.5. The molecule has 1 aliphatic rings. The van der Waals surface area contributed by atoms with Crippen molar-refractivity contribution >= 4 is 17.5 Å². The number of hydrogen-bond donors (Lipinski definition) is 0. The lowest BCUT2D eigenvalue weighted by Crippen LogP contribution is -2.30. The second kappa shape index (κ2) is 10.1. The Kier molecular flexibility index (Phi) is 7.02. The van der Waals surface area contributed by atoms with Crippen LogP contribution in [-0.2, 0) is 19.6 Å². The number of carbonyl (C=O) groups is 1. The zero-order valence-corrected chi connectivity index (χ0v) is 19.1. The lowest BCUT2D eigenvalue weighted by Gasteiger charge is -2.22. The number of hydrogen-bond acceptors (Lipinski definition) is 5. The third-order valence-corrected chi connectivity index (χ3v) is 5.72. The summed E-state index contributed by atoms with van der Waals surface area (Å²) in [5, 5.41) is 0.710. The van der Waals surface area contributed by atoms with Crippen LogP contribution >= 0.6 is 11.6 Å². The van der Waals surface area contributed by atoms with Crippen molar-refractivity contribution in [3.63, 3.8) is 0 Å². The van der Waals surface area contributed by atoms with Gasteiger partial charge in [-0.2, -0.15) is 0 Å². The Bertz CT molecular complexity index is 1060. The number of halogens is 1. The first kappa shape index (κ1) is 22.2. The van der Waals surface area contributed by atoms with Crippen LogP contribution in [0.3, 0.4) is 0 Å². The maximum atomic E-state index is 12.6. The number of ether oxygens (including phenoxy) is 2. The molecule has 0 spiro atoms. The van der Waals surface area contributed by atoms with Crippen LogP contribution in [0.2, 0.25) is 5.02 Å². The molecule has 32 heavy (non-hydrogen) atoms. The highest BCUT2D eigenvalue weighted by Gasteiger charge is 2.19. The highest BCUT2D eigenvalue weighted by atomic mass is 35.5. The van der Waals surface area contributed by atoms with Gasteiger partial charge in [-0.1, -0.05) is 29.8 Å². The molecule has 2 aromatic carbocycles. The van der Waals surface area contributed by atoms with Crippen LogP contribution in [0.5, 0.6) is 11.5 Å². The molecule has 168 valence electrons. The number of benzene rings is 2. The molecule has 0 bridgehead atoms. The van der Waals surface area contributed by atoms with E-state index >= 15 is 0 Å². The number of fused-ring (bicyclic) bond motifs is 1. The summed E-state index contributed by atoms with van der Waals surface area (Å²) >= 11 is 6.05. The summed E-state index contributed by atoms with van der Waals surface area (Å²) in [6.07, 6.45) is 0. The summed E-state index contributed by atoms with van der Waals surface area (Å²) in [5.41, 5.74) is 2.25. The number of nitrogens with zero attached hydrogens (tertiary/aromatic N) is 2. The Labute approximate surface area is 193 Å². The summed E-state index contributed by atoms with van der Waals surface area (Å²) in [5.74, 6) is 2.57. The standard InChI is InChI=1S/C25H27ClN2O4/c1-3-28(4-2)25(29)23-12-10-21(32-23)16-27(14-18-5-8-20(26)9-6-18)15-19-7-11-22-24(13-19)31-17-30-22/h5-13H,3-4,14-17H2,1-2H3. The van der Waals surface area contributed by atoms with Crippen molar-refractivity contribution < 1.29 is 18.7 Å². The van der Waals surface area contributed by atoms with Gasteiger partial charge in [-0.3, -0.25) is 9.69 Å². The molecule has 1 aliphatic heterocycles. The van der Waals surface area contributed by atoms with Gasteiger partial charge in [0.2, 0.25) is 6.79 Å². The number of furan rings is 1. The van der Waals surface area contributed by atoms with E-state index in [4.69, 9.17) is 25.5 Å². The van der Waals surface area contributed by atoms with E-state index in [2.05, 4.69) is 4.90 Å². The van der Waals surface area contributed by atoms with E-state index in [1.807, 2.05) is 62.4 Å². The van der Waals surface area contributed by atoms with Crippen molar-refractivity contribution in [2.45, 2.75) is 33.5 Å². The van der Waals surface area contributed by atoms with Gasteiger partial charge in [0.15, 0.2) is 17.3 Å². The number of rotatable bonds is 9. The van der Waals surface area contributed by atoms with Gasteiger partial charge in [0.25, 0.3) is 5.91 Å². The maximum Gasteiger partial charge on any atom is 0.289 e. The first-order chi connectivity index (χ1) is 15.6. The van der Waals surface area contributed by atoms with Crippen molar-refractivity contribution in [3.05, 3.63) is 82.3 Å². The van der Waals surface area contributed by atoms with Gasteiger partial charge in [0.05, 0.1) is 6.54 Å². The molecular weight excluding hydrogens is 428 g/mol. The Hall–Kier alpha value is -2.96. The molecule has 4 rings (SSSR count). The zero-order valence-electron chi connectivity index (χ0n) is 18.3. The molecule has 7 heteroatoms. The molecule has 6 nitrogen and oxygen atoms in total. The molecule has 1 amide bonds. The normalized spacial score (nSPS) is 12.4. The second-order valence-corrected chi connectivity index (χ2v) is 8.14. The summed E-state index contributed by atoms with van der Waals surface area (Å²) < 4.78 is 16.9. The van der Waals surface area contributed by atoms with E-state index < -0.39 is 0 Å². The molecule has 0 atom stereocenters. The third kappa shape index (κ3) is 5.26. The molecule has 0 saturated carbocycles. The highest BCUT2D eigenvalue weighted by Crippen LogP contribution is 2.33. The van der Waals surface area contributed by atoms with E-state index in [1.165, 1.54) is 0 Å². The molecule has 0 radical (unpaired) electrons. The fourth-order valence-electron chi connectivity index (χ4n) is 3.78. The molecule has 0 unspecified atom stereocenters. The van der Waals surface area contributed by atoms with E-state index in [9.17, 15) is 4.79 Å². The van der Waals surface area contributed by atoms with E-state index in [0.717, 1.165) is 28.4 Å². The summed E-state index contributed by atoms with van der Waals surface area (Å²) in [6.45, 7) is 7.42. The van der Waals surface area contributed by atoms with Gasteiger partial charge in [0.1, 0.15) is 5.76 Å². The summed E-state index contributed by atoms with van der Waals surface area (Å²) in [4.78, 5) is 16.6. The molecule has 0 saturated heterocycles. The molecule has 2 heterocycles. The quantitative estimate of drug-likeness (QED) is 0.436. The minimum Gasteiger partial charge on any atom is -0.455 e. The molecule has 3 aromatic rings. The van der Waals surface area contributed by atoms with E-state index in [1.54, 1.807) is 11.0 Å². The molecule has 0 fully saturated rings. The Morgan fingerprint density at radius 3 is 2.31 bits per heavy atom. The molecule has 0 N–H and O–H groups in total. The Morgan fingerprint density at radius 1 is 0.875 bits per heavy atom. The van der Waals surface area contributed by atoms with Gasteiger partial charge in [-0.05, 0) is 61.4 Å². The lowest BCUT2D eigenvalue weighted by molar-refractivity contribution is 0.0736. The smallest absolute Gasteiger partial charge is 0.289 e. The van der Waals surface area contributed by atoms with Crippen molar-refractivity contribution in [3.8, 4) is 11.5 Å². The lowest BCUT2D eigenvalue weighted by atomic mass is 10.1. The number of amides is 1. The average Bonchev–Trinajstić information content (AvgIpc) is 3.45. The Morgan fingerprint density at radius 2 is 1.56 bits per heavy atom. The van der Waals surface area contributed by atoms with E-state index in [-0.39, 0.29) is 12.7 Å². The minimum atomic E-state index is -0.0822. The van der Waals surface area contributed by atoms with Crippen LogP contribution in [0.15, 0.2) is 59.0 Å². The topological polar surface area (TPSA) is 55.2 Å². The molecule has 1 aromatic heterocycles. The first-order valence-corrected chi connectivity index (χ1v) is 11.2. The third-order valence-electron chi connectivity index (χ3n) is 5.47. The molecular formula is C25H27ClN2O4. The minimum absolute atomic E-state index is 0.0822. The maximum absolute atomic E-state index is 12.6. The van der Waals surface area contributed by atoms with Crippen LogP contribution in [0, 0.1) is 0 Å². The summed E-state index contributed by atoms with van der Waals surface area (Å²) in [7, 11) is 0. The predicted octanol–water partition coefficient (Wildman–Crippen LogP) is 5.35. The van der Waals surface area contributed by atoms with Crippen molar-refractivity contribution in [2.75, 3.05) is 19.9 Å². The SMILES string of the molecule is CCN(CC)C(=O)c1ccc(CN(Cc2ccc(Cl)cc2)Cc2ccc3c(c2)OCO3)o1. The Balaban J connectivity index is 1.52. The average molecular weight is 455 g/mol. The van der Waals surface area contributed by atoms with Crippen molar-refractivity contribution in [1.82, 2.24) is 9.80 Å². The van der Waals surface area contributed by atoms with Crippen LogP contribution in [0.4, 0.5) is 0 Å². The predicted molar refractivity (Wildman–Crippen MR) is 123 cm³/mol. The van der Waals surface area contributed by atoms with Gasteiger partial charge in [0, 0.05) is 31.2 Å². The van der Waals surface area contributed by atoms with Gasteiger partial charge >= 0.3 is 0 Å². The van der Waals surface area contributed by atoms with Gasteiger partial charge < -0.3 is 18.8 Å². The van der Waals surface area contributed by atoms with Crippen LogP contribution in [0.25, 0.3) is 0 Å². The van der Waals surface area contributed by atoms with Crippen LogP contribution in [-0.4, -0.2) is 35.6 Å². The molecule has 0 aliphatic carbocycles. The largest absolute Gasteiger partial charge is 0.455 e. The number of carbonyl (C=O) groups excluding carboxylic acids is 1. The fraction of sp³-hybridized carbons (Fsp3) is 0.320. The van der Waals surface area contributed by atoms with E-state index in [0.29, 0.717) is 43.5 Å². The van der Waals surface area contributed by atoms with Gasteiger partial charge in [-0.25, -0.2) is 0 Å². The monoisotopic (exact) mass is 454 g/mol. The first-order valence-electron chi connectivity index (χ1n) is 10.8. The fourth-order valence-corrected chi connectivity index (χ4v) is 3.90. The van der Waals surface area contributed by atoms with Crippen LogP contribution < -0.4 is 9.47 Å².